The molecule has 1 unspecified atom stereocenters. The molecule has 0 saturated carbocycles. The van der Waals surface area contributed by atoms with Crippen molar-refractivity contribution in [2.24, 2.45) is 0 Å². The van der Waals surface area contributed by atoms with Gasteiger partial charge < -0.3 is 10.1 Å². The van der Waals surface area contributed by atoms with Gasteiger partial charge in [-0.05, 0) is 25.1 Å². The van der Waals surface area contributed by atoms with Crippen LogP contribution in [0.3, 0.4) is 0 Å². The maximum absolute atomic E-state index is 11.8. The zero-order valence-corrected chi connectivity index (χ0v) is 13.9. The van der Waals surface area contributed by atoms with Crippen molar-refractivity contribution in [1.82, 2.24) is 5.32 Å². The largest absolute Gasteiger partial charge is 0.411 e. The van der Waals surface area contributed by atoms with Crippen molar-refractivity contribution in [2.45, 2.75) is 23.2 Å². The number of ether oxygens (including phenoxy) is 1. The fourth-order valence-corrected chi connectivity index (χ4v) is 2.82. The van der Waals surface area contributed by atoms with Gasteiger partial charge in [0, 0.05) is 16.5 Å². The number of halogens is 5. The van der Waals surface area contributed by atoms with E-state index in [0.29, 0.717) is 14.9 Å². The lowest BCUT2D eigenvalue weighted by molar-refractivity contribution is -0.173. The molecule has 0 fully saturated rings. The van der Waals surface area contributed by atoms with Crippen LogP contribution < -0.4 is 5.32 Å². The number of benzene rings is 1. The second-order valence-corrected chi connectivity index (χ2v) is 6.52. The Morgan fingerprint density at radius 2 is 2.09 bits per heavy atom. The highest BCUT2D eigenvalue weighted by Crippen LogP contribution is 2.32. The highest BCUT2D eigenvalue weighted by Gasteiger charge is 2.27. The molecular weight excluding hydrogens is 362 g/mol. The number of alkyl halides is 3. The third-order valence-electron chi connectivity index (χ3n) is 2.38. The normalized spacial score (nSPS) is 13.0. The molecule has 22 heavy (non-hydrogen) atoms. The number of thioether (sulfide) groups is 1. The van der Waals surface area contributed by atoms with Crippen molar-refractivity contribution in [3.63, 3.8) is 0 Å². The van der Waals surface area contributed by atoms with Gasteiger partial charge in [-0.2, -0.15) is 13.2 Å². The summed E-state index contributed by atoms with van der Waals surface area (Å²) in [7, 11) is 0. The van der Waals surface area contributed by atoms with Crippen LogP contribution in [-0.4, -0.2) is 37.1 Å². The molecule has 0 aromatic heterocycles. The molecule has 1 aromatic rings. The molecule has 0 aliphatic heterocycles. The Morgan fingerprint density at radius 3 is 2.73 bits per heavy atom. The lowest BCUT2D eigenvalue weighted by Crippen LogP contribution is -2.34. The molecule has 1 atom stereocenters. The summed E-state index contributed by atoms with van der Waals surface area (Å²) >= 11 is 13.1. The number of rotatable bonds is 7. The number of hydrogen-bond donors (Lipinski definition) is 1. The number of carbonyl (C=O) groups excluding carboxylic acids is 1. The van der Waals surface area contributed by atoms with Crippen LogP contribution in [0.2, 0.25) is 10.0 Å². The van der Waals surface area contributed by atoms with E-state index in [1.807, 2.05) is 0 Å². The summed E-state index contributed by atoms with van der Waals surface area (Å²) in [4.78, 5) is 12.5. The standard InChI is InChI=1S/C13H14Cl2F3NO2S/c1-8(22-11-6-9(14)2-3-10(11)15)12(20)19-4-5-21-7-13(16,17)18/h2-3,6,8H,4-5,7H2,1H3,(H,19,20). The fraction of sp³-hybridized carbons (Fsp3) is 0.462. The molecule has 9 heteroatoms. The summed E-state index contributed by atoms with van der Waals surface area (Å²) in [6.07, 6.45) is -4.36. The number of nitrogens with one attached hydrogen (secondary N) is 1. The molecule has 0 saturated heterocycles. The van der Waals surface area contributed by atoms with E-state index in [1.165, 1.54) is 11.8 Å². The maximum Gasteiger partial charge on any atom is 0.411 e. The number of amides is 1. The summed E-state index contributed by atoms with van der Waals surface area (Å²) < 4.78 is 39.9. The van der Waals surface area contributed by atoms with Crippen LogP contribution in [-0.2, 0) is 9.53 Å². The van der Waals surface area contributed by atoms with Gasteiger partial charge in [-0.15, -0.1) is 11.8 Å². The van der Waals surface area contributed by atoms with Crippen LogP contribution in [0.25, 0.3) is 0 Å². The lowest BCUT2D eigenvalue weighted by atomic mass is 10.4. The summed E-state index contributed by atoms with van der Waals surface area (Å²) in [6, 6.07) is 4.91. The van der Waals surface area contributed by atoms with E-state index >= 15 is 0 Å². The van der Waals surface area contributed by atoms with Crippen molar-refractivity contribution >= 4 is 40.9 Å². The van der Waals surface area contributed by atoms with Crippen LogP contribution >= 0.6 is 35.0 Å². The van der Waals surface area contributed by atoms with Gasteiger partial charge in [0.1, 0.15) is 6.61 Å². The molecule has 1 aromatic carbocycles. The minimum absolute atomic E-state index is 0.00307. The zero-order chi connectivity index (χ0) is 16.8. The van der Waals surface area contributed by atoms with E-state index < -0.39 is 18.0 Å². The molecule has 0 spiro atoms. The van der Waals surface area contributed by atoms with Crippen LogP contribution in [0.1, 0.15) is 6.92 Å². The molecule has 124 valence electrons. The van der Waals surface area contributed by atoms with Crippen molar-refractivity contribution in [3.05, 3.63) is 28.2 Å². The molecule has 0 aliphatic rings. The number of carbonyl (C=O) groups is 1. The Balaban J connectivity index is 2.35. The van der Waals surface area contributed by atoms with Gasteiger partial charge in [0.2, 0.25) is 5.91 Å². The summed E-state index contributed by atoms with van der Waals surface area (Å²) in [5.41, 5.74) is 0. The van der Waals surface area contributed by atoms with Crippen molar-refractivity contribution in [1.29, 1.82) is 0 Å². The first-order valence-corrected chi connectivity index (χ1v) is 7.86. The second kappa shape index (κ2) is 8.86. The van der Waals surface area contributed by atoms with Gasteiger partial charge in [0.05, 0.1) is 16.9 Å². The van der Waals surface area contributed by atoms with E-state index in [9.17, 15) is 18.0 Å². The Morgan fingerprint density at radius 1 is 1.41 bits per heavy atom. The van der Waals surface area contributed by atoms with E-state index in [0.717, 1.165) is 0 Å². The predicted molar refractivity (Wildman–Crippen MR) is 81.7 cm³/mol. The van der Waals surface area contributed by atoms with Crippen LogP contribution in [0, 0.1) is 0 Å². The zero-order valence-electron chi connectivity index (χ0n) is 11.5. The first-order chi connectivity index (χ1) is 10.2. The van der Waals surface area contributed by atoms with Gasteiger partial charge in [-0.25, -0.2) is 0 Å². The van der Waals surface area contributed by atoms with Gasteiger partial charge in [0.25, 0.3) is 0 Å². The Bertz CT molecular complexity index is 515. The third-order valence-corrected chi connectivity index (χ3v) is 4.21. The average Bonchev–Trinajstić information content (AvgIpc) is 2.41. The lowest BCUT2D eigenvalue weighted by Gasteiger charge is -2.13. The van der Waals surface area contributed by atoms with E-state index in [1.54, 1.807) is 25.1 Å². The van der Waals surface area contributed by atoms with Crippen LogP contribution in [0.4, 0.5) is 13.2 Å². The Labute approximate surface area is 140 Å². The van der Waals surface area contributed by atoms with Crippen LogP contribution in [0.5, 0.6) is 0 Å². The fourth-order valence-electron chi connectivity index (χ4n) is 1.39. The summed E-state index contributed by atoms with van der Waals surface area (Å²) in [5, 5.41) is 3.00. The third kappa shape index (κ3) is 7.58. The van der Waals surface area contributed by atoms with Gasteiger partial charge in [0.15, 0.2) is 0 Å². The van der Waals surface area contributed by atoms with Gasteiger partial charge >= 0.3 is 6.18 Å². The monoisotopic (exact) mass is 375 g/mol. The highest BCUT2D eigenvalue weighted by molar-refractivity contribution is 8.00. The molecule has 0 bridgehead atoms. The van der Waals surface area contributed by atoms with E-state index in [2.05, 4.69) is 10.1 Å². The van der Waals surface area contributed by atoms with E-state index in [4.69, 9.17) is 23.2 Å². The molecule has 1 rings (SSSR count). The van der Waals surface area contributed by atoms with Gasteiger partial charge in [-0.1, -0.05) is 23.2 Å². The minimum atomic E-state index is -4.36. The summed E-state index contributed by atoms with van der Waals surface area (Å²) in [5.74, 6) is -0.323. The average molecular weight is 376 g/mol. The summed E-state index contributed by atoms with van der Waals surface area (Å²) in [6.45, 7) is 0.128. The van der Waals surface area contributed by atoms with Crippen molar-refractivity contribution in [3.8, 4) is 0 Å². The van der Waals surface area contributed by atoms with Gasteiger partial charge in [-0.3, -0.25) is 4.79 Å². The smallest absolute Gasteiger partial charge is 0.370 e. The quantitative estimate of drug-likeness (QED) is 0.574. The van der Waals surface area contributed by atoms with E-state index in [-0.39, 0.29) is 19.1 Å². The molecule has 0 radical (unpaired) electrons. The minimum Gasteiger partial charge on any atom is -0.370 e. The predicted octanol–water partition coefficient (Wildman–Crippen LogP) is 4.17. The Kier molecular flexibility index (Phi) is 7.82. The first kappa shape index (κ1) is 19.4. The molecule has 1 amide bonds. The molecule has 3 nitrogen and oxygen atoms in total. The Hall–Kier alpha value is -0.630. The maximum atomic E-state index is 11.8. The molecular formula is C13H14Cl2F3NO2S. The van der Waals surface area contributed by atoms with Crippen LogP contribution in [0.15, 0.2) is 23.1 Å². The molecule has 1 N–H and O–H groups in total. The highest BCUT2D eigenvalue weighted by atomic mass is 35.5. The molecule has 0 heterocycles. The second-order valence-electron chi connectivity index (χ2n) is 4.29. The topological polar surface area (TPSA) is 38.3 Å². The SMILES string of the molecule is CC(Sc1cc(Cl)ccc1Cl)C(=O)NCCOCC(F)(F)F. The van der Waals surface area contributed by atoms with Crippen molar-refractivity contribution in [2.75, 3.05) is 19.8 Å². The molecule has 0 aliphatic carbocycles. The number of hydrogen-bond acceptors (Lipinski definition) is 3. The first-order valence-electron chi connectivity index (χ1n) is 6.23. The van der Waals surface area contributed by atoms with Crippen molar-refractivity contribution < 1.29 is 22.7 Å².